The number of ether oxygens (including phenoxy) is 1. The Hall–Kier alpha value is -2.86. The van der Waals surface area contributed by atoms with E-state index < -0.39 is 24.2 Å². The molecule has 6 heteroatoms. The van der Waals surface area contributed by atoms with Crippen LogP contribution in [0.3, 0.4) is 0 Å². The average Bonchev–Trinajstić information content (AvgIpc) is 2.91. The number of benzene rings is 2. The maximum atomic E-state index is 11.9. The zero-order chi connectivity index (χ0) is 18.0. The van der Waals surface area contributed by atoms with Crippen molar-refractivity contribution >= 4 is 12.1 Å². The highest BCUT2D eigenvalue weighted by Gasteiger charge is 2.30. The van der Waals surface area contributed by atoms with Gasteiger partial charge in [0.05, 0.1) is 6.10 Å². The SMILES string of the molecule is CC(O)C([15NH]C(=O)OCC1c2ccccc2-c2ccccc21)C(=O)O. The largest absolute Gasteiger partial charge is 0.480 e. The number of carbonyl (C=O) groups is 2. The molecular formula is C19H19NO5. The molecule has 2 aromatic rings. The Labute approximate surface area is 145 Å². The number of carbonyl (C=O) groups excluding carboxylic acids is 1. The van der Waals surface area contributed by atoms with Gasteiger partial charge in [-0.25, -0.2) is 9.59 Å². The van der Waals surface area contributed by atoms with E-state index in [1.807, 2.05) is 48.5 Å². The van der Waals surface area contributed by atoms with Crippen LogP contribution in [-0.4, -0.2) is 41.0 Å². The Morgan fingerprint density at radius 2 is 1.60 bits per heavy atom. The highest BCUT2D eigenvalue weighted by Crippen LogP contribution is 2.44. The van der Waals surface area contributed by atoms with Crippen molar-refractivity contribution in [2.75, 3.05) is 6.61 Å². The number of rotatable bonds is 5. The molecule has 25 heavy (non-hydrogen) atoms. The van der Waals surface area contributed by atoms with Gasteiger partial charge in [0, 0.05) is 5.92 Å². The van der Waals surface area contributed by atoms with Gasteiger partial charge in [0.15, 0.2) is 6.04 Å². The fraction of sp³-hybridized carbons (Fsp3) is 0.263. The van der Waals surface area contributed by atoms with Gasteiger partial charge in [-0.2, -0.15) is 0 Å². The number of nitrogens with one attached hydrogen (secondary N) is 1. The molecule has 6 nitrogen and oxygen atoms in total. The molecule has 2 unspecified atom stereocenters. The lowest BCUT2D eigenvalue weighted by atomic mass is 9.98. The summed E-state index contributed by atoms with van der Waals surface area (Å²) in [4.78, 5) is 23.0. The van der Waals surface area contributed by atoms with Crippen LogP contribution < -0.4 is 5.32 Å². The first kappa shape index (κ1) is 17.0. The molecule has 0 radical (unpaired) electrons. The van der Waals surface area contributed by atoms with Crippen molar-refractivity contribution in [2.24, 2.45) is 0 Å². The molecule has 3 N–H and O–H groups in total. The van der Waals surface area contributed by atoms with Crippen LogP contribution in [0.25, 0.3) is 11.1 Å². The Morgan fingerprint density at radius 3 is 2.08 bits per heavy atom. The Balaban J connectivity index is 1.73. The molecule has 0 fully saturated rings. The summed E-state index contributed by atoms with van der Waals surface area (Å²) >= 11 is 0. The molecule has 130 valence electrons. The van der Waals surface area contributed by atoms with E-state index in [1.54, 1.807) is 0 Å². The van der Waals surface area contributed by atoms with Gasteiger partial charge in [-0.15, -0.1) is 0 Å². The molecule has 0 heterocycles. The Morgan fingerprint density at radius 1 is 1.08 bits per heavy atom. The van der Waals surface area contributed by atoms with Crippen molar-refractivity contribution in [2.45, 2.75) is 25.0 Å². The number of carboxylic acids is 1. The van der Waals surface area contributed by atoms with Crippen LogP contribution in [0.5, 0.6) is 0 Å². The fourth-order valence-electron chi connectivity index (χ4n) is 3.16. The summed E-state index contributed by atoms with van der Waals surface area (Å²) in [6.07, 6.45) is -2.09. The lowest BCUT2D eigenvalue weighted by Gasteiger charge is -2.18. The van der Waals surface area contributed by atoms with Crippen LogP contribution in [0.4, 0.5) is 4.79 Å². The second-order valence-corrected chi connectivity index (χ2v) is 6.03. The molecule has 2 atom stereocenters. The van der Waals surface area contributed by atoms with E-state index in [0.29, 0.717) is 0 Å². The van der Waals surface area contributed by atoms with Gasteiger partial charge >= 0.3 is 12.1 Å². The number of fused-ring (bicyclic) bond motifs is 3. The summed E-state index contributed by atoms with van der Waals surface area (Å²) in [5.74, 6) is -1.42. The third kappa shape index (κ3) is 3.34. The van der Waals surface area contributed by atoms with Gasteiger partial charge in [0.2, 0.25) is 0 Å². The maximum absolute atomic E-state index is 11.9. The average molecular weight is 342 g/mol. The van der Waals surface area contributed by atoms with Crippen molar-refractivity contribution in [1.29, 1.82) is 0 Å². The standard InChI is InChI=1S/C19H19NO5/c1-11(21)17(18(22)23)20-19(24)25-10-16-14-8-4-2-6-12(14)13-7-3-5-9-15(13)16/h2-9,11,16-17,21H,10H2,1H3,(H,20,24)(H,22,23)/i20+1. The minimum Gasteiger partial charge on any atom is -0.480 e. The smallest absolute Gasteiger partial charge is 0.407 e. The Kier molecular flexibility index (Phi) is 4.72. The molecule has 0 saturated carbocycles. The summed E-state index contributed by atoms with van der Waals surface area (Å²) in [5.41, 5.74) is 4.36. The van der Waals surface area contributed by atoms with E-state index in [-0.39, 0.29) is 12.5 Å². The third-order valence-electron chi connectivity index (χ3n) is 4.37. The van der Waals surface area contributed by atoms with E-state index in [9.17, 15) is 14.7 Å². The fourth-order valence-corrected chi connectivity index (χ4v) is 3.16. The summed E-state index contributed by atoms with van der Waals surface area (Å²) in [5, 5.41) is 20.6. The van der Waals surface area contributed by atoms with E-state index in [0.717, 1.165) is 22.3 Å². The first-order valence-electron chi connectivity index (χ1n) is 8.01. The number of hydrogen-bond acceptors (Lipinski definition) is 4. The topological polar surface area (TPSA) is 95.9 Å². The number of aliphatic carboxylic acids is 1. The number of aliphatic hydroxyl groups excluding tert-OH is 1. The van der Waals surface area contributed by atoms with E-state index in [4.69, 9.17) is 9.84 Å². The minimum atomic E-state index is -1.41. The number of aliphatic hydroxyl groups is 1. The van der Waals surface area contributed by atoms with E-state index in [2.05, 4.69) is 5.32 Å². The maximum Gasteiger partial charge on any atom is 0.407 e. The summed E-state index contributed by atoms with van der Waals surface area (Å²) in [7, 11) is 0. The van der Waals surface area contributed by atoms with Gasteiger partial charge in [-0.05, 0) is 29.2 Å². The van der Waals surface area contributed by atoms with Gasteiger partial charge in [0.1, 0.15) is 6.61 Å². The van der Waals surface area contributed by atoms with E-state index >= 15 is 0 Å². The van der Waals surface area contributed by atoms with Crippen molar-refractivity contribution in [1.82, 2.24) is 5.32 Å². The minimum absolute atomic E-state index is 0.0893. The first-order chi connectivity index (χ1) is 12.0. The molecule has 0 spiro atoms. The van der Waals surface area contributed by atoms with Crippen LogP contribution in [0.1, 0.15) is 24.0 Å². The molecule has 2 aromatic carbocycles. The highest BCUT2D eigenvalue weighted by molar-refractivity contribution is 5.81. The zero-order valence-electron chi connectivity index (χ0n) is 13.7. The predicted molar refractivity (Wildman–Crippen MR) is 91.3 cm³/mol. The van der Waals surface area contributed by atoms with Gasteiger partial charge in [0.25, 0.3) is 0 Å². The molecule has 0 bridgehead atoms. The number of alkyl carbamates (subject to hydrolysis) is 1. The van der Waals surface area contributed by atoms with Crippen molar-refractivity contribution < 1.29 is 24.5 Å². The quantitative estimate of drug-likeness (QED) is 0.725. The van der Waals surface area contributed by atoms with Crippen LogP contribution in [-0.2, 0) is 9.53 Å². The highest BCUT2D eigenvalue weighted by atomic mass is 16.6. The molecule has 0 saturated heterocycles. The second-order valence-electron chi connectivity index (χ2n) is 6.03. The second kappa shape index (κ2) is 6.94. The number of hydrogen-bond donors (Lipinski definition) is 3. The molecule has 1 aliphatic rings. The zero-order valence-corrected chi connectivity index (χ0v) is 13.7. The van der Waals surface area contributed by atoms with Crippen molar-refractivity contribution in [3.05, 3.63) is 59.7 Å². The van der Waals surface area contributed by atoms with Gasteiger partial charge in [-0.1, -0.05) is 48.5 Å². The monoisotopic (exact) mass is 342 g/mol. The van der Waals surface area contributed by atoms with Crippen molar-refractivity contribution in [3.8, 4) is 11.1 Å². The van der Waals surface area contributed by atoms with E-state index in [1.165, 1.54) is 6.92 Å². The molecule has 1 amide bonds. The molecular weight excluding hydrogens is 323 g/mol. The van der Waals surface area contributed by atoms with Crippen LogP contribution in [0.2, 0.25) is 0 Å². The summed E-state index contributed by atoms with van der Waals surface area (Å²) < 4.78 is 5.25. The molecule has 0 aromatic heterocycles. The van der Waals surface area contributed by atoms with Crippen LogP contribution >= 0.6 is 0 Å². The van der Waals surface area contributed by atoms with Crippen molar-refractivity contribution in [3.63, 3.8) is 0 Å². The molecule has 3 rings (SSSR count). The Bertz CT molecular complexity index is 756. The number of carboxylic acid groups (broad SMARTS) is 1. The normalized spacial score (nSPS) is 15.0. The first-order valence-corrected chi connectivity index (χ1v) is 8.01. The lowest BCUT2D eigenvalue weighted by Crippen LogP contribution is -2.48. The summed E-state index contributed by atoms with van der Waals surface area (Å²) in [6.45, 7) is 1.38. The predicted octanol–water partition coefficient (Wildman–Crippen LogP) is 2.36. The lowest BCUT2D eigenvalue weighted by molar-refractivity contribution is -0.142. The number of amides is 1. The van der Waals surface area contributed by atoms with Gasteiger partial charge < -0.3 is 20.3 Å². The third-order valence-corrected chi connectivity index (χ3v) is 4.37. The summed E-state index contributed by atoms with van der Waals surface area (Å²) in [6, 6.07) is 14.4. The van der Waals surface area contributed by atoms with Crippen LogP contribution in [0, 0.1) is 0 Å². The van der Waals surface area contributed by atoms with Crippen LogP contribution in [0.15, 0.2) is 48.5 Å². The van der Waals surface area contributed by atoms with Gasteiger partial charge in [-0.3, -0.25) is 0 Å². The molecule has 1 aliphatic carbocycles. The molecule has 0 aliphatic heterocycles.